The lowest BCUT2D eigenvalue weighted by Crippen LogP contribution is -2.23. The maximum absolute atomic E-state index is 10.8. The summed E-state index contributed by atoms with van der Waals surface area (Å²) in [5.41, 5.74) is -0.225. The quantitative estimate of drug-likeness (QED) is 0.872. The Morgan fingerprint density at radius 1 is 1.47 bits per heavy atom. The fourth-order valence-electron chi connectivity index (χ4n) is 1.85. The molecule has 0 aliphatic heterocycles. The van der Waals surface area contributed by atoms with Gasteiger partial charge < -0.3 is 14.9 Å². The Balaban J connectivity index is 3.38. The average molecular weight is 259 g/mol. The molecule has 1 aromatic rings. The first-order valence-electron chi connectivity index (χ1n) is 5.07. The third kappa shape index (κ3) is 2.82. The summed E-state index contributed by atoms with van der Waals surface area (Å²) in [6.45, 7) is 3.48. The molecule has 0 saturated carbocycles. The molecule has 0 amide bonds. The van der Waals surface area contributed by atoms with Gasteiger partial charge in [0.1, 0.15) is 0 Å². The van der Waals surface area contributed by atoms with Crippen LogP contribution in [0.2, 0.25) is 5.02 Å². The summed E-state index contributed by atoms with van der Waals surface area (Å²) in [6.07, 6.45) is -0.105. The molecule has 0 aliphatic rings. The van der Waals surface area contributed by atoms with E-state index in [0.29, 0.717) is 10.6 Å². The summed E-state index contributed by atoms with van der Waals surface area (Å²) in [5, 5.41) is 19.0. The minimum atomic E-state index is -0.934. The Labute approximate surface area is 105 Å². The molecule has 0 heterocycles. The third-order valence-electron chi connectivity index (χ3n) is 2.56. The monoisotopic (exact) mass is 258 g/mol. The van der Waals surface area contributed by atoms with Crippen LogP contribution in [0.1, 0.15) is 25.8 Å². The Bertz CT molecular complexity index is 440. The Kier molecular flexibility index (Phi) is 3.88. The molecular weight excluding hydrogens is 244 g/mol. The van der Waals surface area contributed by atoms with E-state index in [1.807, 2.05) is 0 Å². The number of benzene rings is 1. The number of phenols is 1. The summed E-state index contributed by atoms with van der Waals surface area (Å²) < 4.78 is 5.10. The number of halogens is 1. The van der Waals surface area contributed by atoms with E-state index in [1.165, 1.54) is 19.2 Å². The largest absolute Gasteiger partial charge is 0.504 e. The van der Waals surface area contributed by atoms with Crippen molar-refractivity contribution in [2.75, 3.05) is 7.11 Å². The first kappa shape index (κ1) is 13.6. The molecule has 94 valence electrons. The summed E-state index contributed by atoms with van der Waals surface area (Å²) in [6, 6.07) is 2.94. The molecule has 5 heteroatoms. The average Bonchev–Trinajstić information content (AvgIpc) is 2.18. The topological polar surface area (TPSA) is 66.8 Å². The highest BCUT2D eigenvalue weighted by Gasteiger charge is 2.31. The van der Waals surface area contributed by atoms with Gasteiger partial charge >= 0.3 is 5.97 Å². The van der Waals surface area contributed by atoms with E-state index in [9.17, 15) is 9.90 Å². The highest BCUT2D eigenvalue weighted by Crippen LogP contribution is 2.43. The molecule has 0 saturated heterocycles. The van der Waals surface area contributed by atoms with Crippen LogP contribution in [0.3, 0.4) is 0 Å². The second-order valence-corrected chi connectivity index (χ2v) is 4.84. The lowest BCUT2D eigenvalue weighted by atomic mass is 9.81. The van der Waals surface area contributed by atoms with Crippen molar-refractivity contribution in [3.05, 3.63) is 22.7 Å². The number of rotatable bonds is 4. The molecule has 1 rings (SSSR count). The highest BCUT2D eigenvalue weighted by atomic mass is 35.5. The van der Waals surface area contributed by atoms with Crippen LogP contribution in [-0.4, -0.2) is 23.3 Å². The van der Waals surface area contributed by atoms with Crippen LogP contribution >= 0.6 is 11.6 Å². The van der Waals surface area contributed by atoms with Crippen molar-refractivity contribution in [2.45, 2.75) is 25.7 Å². The van der Waals surface area contributed by atoms with E-state index in [1.54, 1.807) is 13.8 Å². The maximum atomic E-state index is 10.8. The predicted octanol–water partition coefficient (Wildman–Crippen LogP) is 2.81. The smallest absolute Gasteiger partial charge is 0.304 e. The van der Waals surface area contributed by atoms with Gasteiger partial charge in [-0.3, -0.25) is 4.79 Å². The number of phenolic OH excluding ortho intramolecular Hbond substituents is 1. The standard InChI is InChI=1S/C12H15ClO4/c1-12(2,6-9(15)16)10-7(13)4-5-8(14)11(10)17-3/h4-5,14H,6H2,1-3H3,(H,15,16). The number of carboxylic acids is 1. The third-order valence-corrected chi connectivity index (χ3v) is 2.88. The molecule has 0 bridgehead atoms. The van der Waals surface area contributed by atoms with E-state index in [0.717, 1.165) is 0 Å². The lowest BCUT2D eigenvalue weighted by molar-refractivity contribution is -0.138. The number of aliphatic carboxylic acids is 1. The summed E-state index contributed by atoms with van der Waals surface area (Å²) in [5.74, 6) is -0.759. The molecule has 0 spiro atoms. The predicted molar refractivity (Wildman–Crippen MR) is 64.9 cm³/mol. The number of ether oxygens (including phenoxy) is 1. The van der Waals surface area contributed by atoms with E-state index in [2.05, 4.69) is 0 Å². The fourth-order valence-corrected chi connectivity index (χ4v) is 2.26. The number of carboxylic acid groups (broad SMARTS) is 1. The molecule has 0 aliphatic carbocycles. The Hall–Kier alpha value is -1.42. The van der Waals surface area contributed by atoms with Crippen molar-refractivity contribution in [3.63, 3.8) is 0 Å². The minimum absolute atomic E-state index is 0.0506. The number of hydrogen-bond acceptors (Lipinski definition) is 3. The van der Waals surface area contributed by atoms with Gasteiger partial charge in [0.05, 0.1) is 13.5 Å². The van der Waals surface area contributed by atoms with Crippen molar-refractivity contribution < 1.29 is 19.7 Å². The first-order valence-corrected chi connectivity index (χ1v) is 5.45. The number of hydrogen-bond donors (Lipinski definition) is 2. The molecule has 0 aromatic heterocycles. The van der Waals surface area contributed by atoms with Crippen molar-refractivity contribution >= 4 is 17.6 Å². The van der Waals surface area contributed by atoms with E-state index < -0.39 is 11.4 Å². The molecule has 1 aromatic carbocycles. The molecule has 0 atom stereocenters. The number of aromatic hydroxyl groups is 1. The van der Waals surface area contributed by atoms with Crippen molar-refractivity contribution in [1.82, 2.24) is 0 Å². The molecule has 17 heavy (non-hydrogen) atoms. The van der Waals surface area contributed by atoms with Crippen LogP contribution in [0.15, 0.2) is 12.1 Å². The van der Waals surface area contributed by atoms with Gasteiger partial charge in [-0.2, -0.15) is 0 Å². The summed E-state index contributed by atoms with van der Waals surface area (Å²) in [7, 11) is 1.41. The van der Waals surface area contributed by atoms with Gasteiger partial charge in [-0.25, -0.2) is 0 Å². The van der Waals surface area contributed by atoms with Gasteiger partial charge in [-0.15, -0.1) is 0 Å². The highest BCUT2D eigenvalue weighted by molar-refractivity contribution is 6.31. The number of carbonyl (C=O) groups is 1. The molecule has 2 N–H and O–H groups in total. The second-order valence-electron chi connectivity index (χ2n) is 4.43. The maximum Gasteiger partial charge on any atom is 0.304 e. The van der Waals surface area contributed by atoms with Crippen molar-refractivity contribution in [3.8, 4) is 11.5 Å². The van der Waals surface area contributed by atoms with Gasteiger partial charge in [0, 0.05) is 16.0 Å². The summed E-state index contributed by atoms with van der Waals surface area (Å²) >= 11 is 6.06. The van der Waals surface area contributed by atoms with Crippen LogP contribution < -0.4 is 4.74 Å². The Morgan fingerprint density at radius 3 is 2.53 bits per heavy atom. The van der Waals surface area contributed by atoms with Gasteiger partial charge in [0.2, 0.25) is 0 Å². The number of methoxy groups -OCH3 is 1. The van der Waals surface area contributed by atoms with Crippen LogP contribution in [0.5, 0.6) is 11.5 Å². The van der Waals surface area contributed by atoms with Crippen molar-refractivity contribution in [2.24, 2.45) is 0 Å². The van der Waals surface area contributed by atoms with Crippen LogP contribution in [-0.2, 0) is 10.2 Å². The SMILES string of the molecule is COc1c(O)ccc(Cl)c1C(C)(C)CC(=O)O. The van der Waals surface area contributed by atoms with E-state index in [-0.39, 0.29) is 17.9 Å². The molecule has 4 nitrogen and oxygen atoms in total. The molecule has 0 unspecified atom stereocenters. The van der Waals surface area contributed by atoms with E-state index in [4.69, 9.17) is 21.4 Å². The lowest BCUT2D eigenvalue weighted by Gasteiger charge is -2.26. The van der Waals surface area contributed by atoms with Crippen molar-refractivity contribution in [1.29, 1.82) is 0 Å². The first-order chi connectivity index (χ1) is 7.79. The summed E-state index contributed by atoms with van der Waals surface area (Å²) in [4.78, 5) is 10.8. The van der Waals surface area contributed by atoms with Gasteiger partial charge in [0.15, 0.2) is 11.5 Å². The van der Waals surface area contributed by atoms with Crippen LogP contribution in [0.4, 0.5) is 0 Å². The van der Waals surface area contributed by atoms with Gasteiger partial charge in [-0.1, -0.05) is 25.4 Å². The second kappa shape index (κ2) is 4.84. The van der Waals surface area contributed by atoms with Gasteiger partial charge in [-0.05, 0) is 12.1 Å². The van der Waals surface area contributed by atoms with Gasteiger partial charge in [0.25, 0.3) is 0 Å². The molecule has 0 fully saturated rings. The molecular formula is C12H15ClO4. The van der Waals surface area contributed by atoms with Crippen LogP contribution in [0.25, 0.3) is 0 Å². The normalized spacial score (nSPS) is 11.3. The fraction of sp³-hybridized carbons (Fsp3) is 0.417. The van der Waals surface area contributed by atoms with E-state index >= 15 is 0 Å². The minimum Gasteiger partial charge on any atom is -0.504 e. The Morgan fingerprint density at radius 2 is 2.06 bits per heavy atom. The van der Waals surface area contributed by atoms with Crippen LogP contribution in [0, 0.1) is 0 Å². The zero-order valence-corrected chi connectivity index (χ0v) is 10.7. The molecule has 0 radical (unpaired) electrons. The zero-order chi connectivity index (χ0) is 13.2. The zero-order valence-electron chi connectivity index (χ0n) is 9.95.